The van der Waals surface area contributed by atoms with Crippen molar-refractivity contribution in [2.45, 2.75) is 9.79 Å². The number of hydrogen-bond acceptors (Lipinski definition) is 4. The van der Waals surface area contributed by atoms with Gasteiger partial charge in [-0.15, -0.1) is 0 Å². The quantitative estimate of drug-likeness (QED) is 0.550. The van der Waals surface area contributed by atoms with E-state index in [1.54, 1.807) is 21.6 Å². The van der Waals surface area contributed by atoms with Crippen molar-refractivity contribution >= 4 is 33.0 Å². The minimum atomic E-state index is 0.811. The lowest BCUT2D eigenvalue weighted by Crippen LogP contribution is -1.93. The van der Waals surface area contributed by atoms with E-state index in [0.29, 0.717) is 0 Å². The van der Waals surface area contributed by atoms with E-state index >= 15 is 0 Å². The van der Waals surface area contributed by atoms with Gasteiger partial charge in [0, 0.05) is 21.2 Å². The minimum Gasteiger partial charge on any atom is -0.399 e. The number of nitrogen functional groups attached to an aromatic ring is 2. The van der Waals surface area contributed by atoms with Crippen molar-refractivity contribution in [1.29, 1.82) is 0 Å². The summed E-state index contributed by atoms with van der Waals surface area (Å²) in [6, 6.07) is 12.1. The van der Waals surface area contributed by atoms with E-state index in [9.17, 15) is 0 Å². The standard InChI is InChI=1S/C12H10N2S2/c13-7-1-3-9-10-4-2-8(14)6-12(10)16-15-11(9)5-7/h1-6H,13-14H2. The zero-order valence-corrected chi connectivity index (χ0v) is 10.1. The van der Waals surface area contributed by atoms with Crippen LogP contribution in [0, 0.1) is 0 Å². The Morgan fingerprint density at radius 2 is 1.12 bits per heavy atom. The van der Waals surface area contributed by atoms with E-state index in [2.05, 4.69) is 12.1 Å². The molecule has 1 aliphatic heterocycles. The van der Waals surface area contributed by atoms with Gasteiger partial charge in [-0.3, -0.25) is 0 Å². The summed E-state index contributed by atoms with van der Waals surface area (Å²) in [5.74, 6) is 0. The summed E-state index contributed by atoms with van der Waals surface area (Å²) >= 11 is 0. The van der Waals surface area contributed by atoms with Crippen molar-refractivity contribution < 1.29 is 0 Å². The Hall–Kier alpha value is -1.26. The molecule has 16 heavy (non-hydrogen) atoms. The topological polar surface area (TPSA) is 52.0 Å². The second-order valence-electron chi connectivity index (χ2n) is 3.68. The average molecular weight is 246 g/mol. The van der Waals surface area contributed by atoms with Crippen LogP contribution in [-0.2, 0) is 0 Å². The Bertz CT molecular complexity index is 515. The smallest absolute Gasteiger partial charge is 0.0325 e. The molecule has 0 amide bonds. The molecule has 0 aliphatic carbocycles. The van der Waals surface area contributed by atoms with Crippen molar-refractivity contribution in [3.63, 3.8) is 0 Å². The van der Waals surface area contributed by atoms with Crippen molar-refractivity contribution in [3.05, 3.63) is 36.4 Å². The molecule has 1 aliphatic rings. The number of rotatable bonds is 0. The molecule has 4 heteroatoms. The van der Waals surface area contributed by atoms with Gasteiger partial charge in [0.15, 0.2) is 0 Å². The van der Waals surface area contributed by atoms with Crippen LogP contribution in [0.1, 0.15) is 0 Å². The van der Waals surface area contributed by atoms with E-state index in [1.165, 1.54) is 20.9 Å². The summed E-state index contributed by atoms with van der Waals surface area (Å²) in [6.45, 7) is 0. The molecule has 3 rings (SSSR count). The van der Waals surface area contributed by atoms with E-state index in [-0.39, 0.29) is 0 Å². The Morgan fingerprint density at radius 1 is 0.688 bits per heavy atom. The van der Waals surface area contributed by atoms with Crippen LogP contribution in [0.3, 0.4) is 0 Å². The lowest BCUT2D eigenvalue weighted by molar-refractivity contribution is 1.38. The molecule has 2 nitrogen and oxygen atoms in total. The maximum atomic E-state index is 5.78. The molecule has 0 saturated carbocycles. The third-order valence-corrected chi connectivity index (χ3v) is 4.97. The van der Waals surface area contributed by atoms with Crippen molar-refractivity contribution in [3.8, 4) is 11.1 Å². The minimum absolute atomic E-state index is 0.811. The second-order valence-corrected chi connectivity index (χ2v) is 5.89. The SMILES string of the molecule is Nc1ccc2c(c1)SSc1cc(N)ccc1-2. The summed E-state index contributed by atoms with van der Waals surface area (Å²) in [5.41, 5.74) is 15.7. The van der Waals surface area contributed by atoms with Crippen LogP contribution in [0.5, 0.6) is 0 Å². The zero-order valence-electron chi connectivity index (χ0n) is 8.44. The summed E-state index contributed by atoms with van der Waals surface area (Å²) in [6.07, 6.45) is 0. The van der Waals surface area contributed by atoms with Gasteiger partial charge in [0.25, 0.3) is 0 Å². The van der Waals surface area contributed by atoms with Gasteiger partial charge in [-0.05, 0) is 35.4 Å². The molecule has 0 aromatic heterocycles. The molecule has 0 unspecified atom stereocenters. The highest BCUT2D eigenvalue weighted by molar-refractivity contribution is 8.76. The predicted octanol–water partition coefficient (Wildman–Crippen LogP) is 3.63. The zero-order chi connectivity index (χ0) is 11.1. The van der Waals surface area contributed by atoms with E-state index in [1.807, 2.05) is 24.3 Å². The number of fused-ring (bicyclic) bond motifs is 3. The molecule has 0 fully saturated rings. The van der Waals surface area contributed by atoms with Gasteiger partial charge in [-0.1, -0.05) is 33.7 Å². The summed E-state index contributed by atoms with van der Waals surface area (Å²) in [7, 11) is 3.47. The molecule has 0 spiro atoms. The molecule has 0 saturated heterocycles. The van der Waals surface area contributed by atoms with Crippen LogP contribution >= 0.6 is 21.6 Å². The van der Waals surface area contributed by atoms with Crippen molar-refractivity contribution in [2.24, 2.45) is 0 Å². The molecule has 80 valence electrons. The maximum absolute atomic E-state index is 5.78. The van der Waals surface area contributed by atoms with E-state index in [4.69, 9.17) is 11.5 Å². The number of benzene rings is 2. The fourth-order valence-electron chi connectivity index (χ4n) is 1.75. The third kappa shape index (κ3) is 1.54. The van der Waals surface area contributed by atoms with Crippen LogP contribution < -0.4 is 11.5 Å². The number of anilines is 2. The Labute approximate surface area is 102 Å². The van der Waals surface area contributed by atoms with Crippen LogP contribution in [0.4, 0.5) is 11.4 Å². The Balaban J connectivity index is 2.23. The molecular weight excluding hydrogens is 236 g/mol. The first-order chi connectivity index (χ1) is 7.74. The molecule has 2 aromatic rings. The highest BCUT2D eigenvalue weighted by Gasteiger charge is 2.17. The van der Waals surface area contributed by atoms with Crippen LogP contribution in [0.25, 0.3) is 11.1 Å². The first-order valence-corrected chi connectivity index (χ1v) is 7.03. The predicted molar refractivity (Wildman–Crippen MR) is 72.4 cm³/mol. The highest BCUT2D eigenvalue weighted by Crippen LogP contribution is 2.51. The lowest BCUT2D eigenvalue weighted by Gasteiger charge is -2.18. The second kappa shape index (κ2) is 3.64. The average Bonchev–Trinajstić information content (AvgIpc) is 2.28. The van der Waals surface area contributed by atoms with Gasteiger partial charge in [0.1, 0.15) is 0 Å². The van der Waals surface area contributed by atoms with Crippen LogP contribution in [-0.4, -0.2) is 0 Å². The fourth-order valence-corrected chi connectivity index (χ4v) is 4.20. The summed E-state index contributed by atoms with van der Waals surface area (Å²) < 4.78 is 0. The largest absolute Gasteiger partial charge is 0.399 e. The highest BCUT2D eigenvalue weighted by atomic mass is 33.1. The fraction of sp³-hybridized carbons (Fsp3) is 0. The molecule has 0 radical (unpaired) electrons. The van der Waals surface area contributed by atoms with E-state index < -0.39 is 0 Å². The number of hydrogen-bond donors (Lipinski definition) is 2. The molecule has 2 aromatic carbocycles. The van der Waals surface area contributed by atoms with Gasteiger partial charge in [-0.2, -0.15) is 0 Å². The maximum Gasteiger partial charge on any atom is 0.0325 e. The molecule has 0 bridgehead atoms. The van der Waals surface area contributed by atoms with Crippen molar-refractivity contribution in [2.75, 3.05) is 11.5 Å². The van der Waals surface area contributed by atoms with Gasteiger partial charge in [0.2, 0.25) is 0 Å². The number of nitrogens with two attached hydrogens (primary N) is 2. The Kier molecular flexibility index (Phi) is 2.26. The molecular formula is C12H10N2S2. The third-order valence-electron chi connectivity index (χ3n) is 2.52. The Morgan fingerprint density at radius 3 is 1.56 bits per heavy atom. The monoisotopic (exact) mass is 246 g/mol. The molecule has 4 N–H and O–H groups in total. The van der Waals surface area contributed by atoms with Gasteiger partial charge >= 0.3 is 0 Å². The van der Waals surface area contributed by atoms with Crippen LogP contribution in [0.2, 0.25) is 0 Å². The molecule has 1 heterocycles. The van der Waals surface area contributed by atoms with Crippen LogP contribution in [0.15, 0.2) is 46.2 Å². The van der Waals surface area contributed by atoms with Gasteiger partial charge in [0.05, 0.1) is 0 Å². The van der Waals surface area contributed by atoms with Crippen molar-refractivity contribution in [1.82, 2.24) is 0 Å². The summed E-state index contributed by atoms with van der Waals surface area (Å²) in [4.78, 5) is 2.45. The van der Waals surface area contributed by atoms with Gasteiger partial charge < -0.3 is 11.5 Å². The lowest BCUT2D eigenvalue weighted by atomic mass is 10.0. The molecule has 0 atom stereocenters. The first-order valence-electron chi connectivity index (χ1n) is 4.88. The summed E-state index contributed by atoms with van der Waals surface area (Å²) in [5, 5.41) is 0. The van der Waals surface area contributed by atoms with Gasteiger partial charge in [-0.25, -0.2) is 0 Å². The van der Waals surface area contributed by atoms with E-state index in [0.717, 1.165) is 11.4 Å². The normalized spacial score (nSPS) is 13.0. The first kappa shape index (κ1) is 9.93.